The van der Waals surface area contributed by atoms with Crippen molar-refractivity contribution in [2.45, 2.75) is 69.5 Å². The molecule has 4 rings (SSSR count). The summed E-state index contributed by atoms with van der Waals surface area (Å²) < 4.78 is 43.4. The molecule has 1 aliphatic carbocycles. The second kappa shape index (κ2) is 13.5. The van der Waals surface area contributed by atoms with Gasteiger partial charge in [0.25, 0.3) is 10.0 Å². The Kier molecular flexibility index (Phi) is 10.0. The van der Waals surface area contributed by atoms with Crippen molar-refractivity contribution < 1.29 is 22.4 Å². The van der Waals surface area contributed by atoms with Crippen LogP contribution in [0.25, 0.3) is 0 Å². The minimum absolute atomic E-state index is 0.0211. The molecule has 0 aliphatic heterocycles. The average Bonchev–Trinajstić information content (AvgIpc) is 2.96. The molecule has 3 aromatic carbocycles. The monoisotopic (exact) mass is 599 g/mol. The summed E-state index contributed by atoms with van der Waals surface area (Å²) in [4.78, 5) is 28.6. The minimum Gasteiger partial charge on any atom is -0.352 e. The van der Waals surface area contributed by atoms with Crippen molar-refractivity contribution in [2.24, 2.45) is 0 Å². The van der Waals surface area contributed by atoms with E-state index in [2.05, 4.69) is 5.32 Å². The molecule has 1 aliphatic rings. The normalized spacial score (nSPS) is 14.7. The van der Waals surface area contributed by atoms with E-state index < -0.39 is 34.3 Å². The molecular weight excluding hydrogens is 565 g/mol. The number of halogens is 2. The molecular formula is C31H35ClFN3O4S. The van der Waals surface area contributed by atoms with Crippen LogP contribution in [-0.4, -0.2) is 43.8 Å². The van der Waals surface area contributed by atoms with Crippen LogP contribution < -0.4 is 9.62 Å². The summed E-state index contributed by atoms with van der Waals surface area (Å²) in [6, 6.07) is 17.5. The van der Waals surface area contributed by atoms with Gasteiger partial charge < -0.3 is 10.2 Å². The standard InChI is InChI=1S/C31H35ClFN3O4S/c1-22-16-18-26(19-17-22)41(39,40)36(29-15-9-8-14-28(29)33)21-30(37)35(20-24-10-6-7-13-27(24)32)23(2)31(38)34-25-11-4-3-5-12-25/h6-10,13-19,23,25H,3-5,11-12,20-21H2,1-2H3,(H,34,38). The Morgan fingerprint density at radius 2 is 1.61 bits per heavy atom. The van der Waals surface area contributed by atoms with Crippen LogP contribution in [0.5, 0.6) is 0 Å². The zero-order chi connectivity index (χ0) is 29.6. The number of hydrogen-bond acceptors (Lipinski definition) is 4. The summed E-state index contributed by atoms with van der Waals surface area (Å²) in [6.45, 7) is 2.67. The molecule has 41 heavy (non-hydrogen) atoms. The summed E-state index contributed by atoms with van der Waals surface area (Å²) >= 11 is 6.41. The van der Waals surface area contributed by atoms with Gasteiger partial charge in [0.1, 0.15) is 18.4 Å². The topological polar surface area (TPSA) is 86.8 Å². The molecule has 10 heteroatoms. The van der Waals surface area contributed by atoms with Gasteiger partial charge in [-0.15, -0.1) is 0 Å². The fraction of sp³-hybridized carbons (Fsp3) is 0.355. The maximum atomic E-state index is 15.0. The highest BCUT2D eigenvalue weighted by Crippen LogP contribution is 2.28. The number of nitrogens with zero attached hydrogens (tertiary/aromatic N) is 2. The Morgan fingerprint density at radius 1 is 0.976 bits per heavy atom. The summed E-state index contributed by atoms with van der Waals surface area (Å²) in [5.74, 6) is -1.80. The molecule has 7 nitrogen and oxygen atoms in total. The van der Waals surface area contributed by atoms with Crippen molar-refractivity contribution in [3.63, 3.8) is 0 Å². The second-order valence-electron chi connectivity index (χ2n) is 10.4. The van der Waals surface area contributed by atoms with Crippen LogP contribution >= 0.6 is 11.6 Å². The van der Waals surface area contributed by atoms with E-state index in [1.807, 2.05) is 6.92 Å². The third-order valence-corrected chi connectivity index (χ3v) is 9.57. The maximum Gasteiger partial charge on any atom is 0.264 e. The van der Waals surface area contributed by atoms with E-state index in [0.717, 1.165) is 48.0 Å². The van der Waals surface area contributed by atoms with Gasteiger partial charge in [0.15, 0.2) is 0 Å². The number of hydrogen-bond donors (Lipinski definition) is 1. The summed E-state index contributed by atoms with van der Waals surface area (Å²) in [5, 5.41) is 3.46. The number of rotatable bonds is 10. The van der Waals surface area contributed by atoms with E-state index in [4.69, 9.17) is 11.6 Å². The lowest BCUT2D eigenvalue weighted by Gasteiger charge is -2.33. The molecule has 0 saturated heterocycles. The zero-order valence-electron chi connectivity index (χ0n) is 23.2. The highest BCUT2D eigenvalue weighted by molar-refractivity contribution is 7.92. The molecule has 1 saturated carbocycles. The molecule has 0 radical (unpaired) electrons. The van der Waals surface area contributed by atoms with Gasteiger partial charge in [-0.25, -0.2) is 12.8 Å². The first-order valence-electron chi connectivity index (χ1n) is 13.7. The van der Waals surface area contributed by atoms with E-state index in [1.54, 1.807) is 43.3 Å². The molecule has 0 bridgehead atoms. The molecule has 218 valence electrons. The number of para-hydroxylation sites is 1. The minimum atomic E-state index is -4.35. The Hall–Kier alpha value is -3.43. The maximum absolute atomic E-state index is 15.0. The molecule has 1 fully saturated rings. The van der Waals surface area contributed by atoms with Gasteiger partial charge in [-0.3, -0.25) is 13.9 Å². The molecule has 1 atom stereocenters. The molecule has 3 aromatic rings. The summed E-state index contributed by atoms with van der Waals surface area (Å²) in [7, 11) is -4.35. The van der Waals surface area contributed by atoms with E-state index in [0.29, 0.717) is 10.6 Å². The summed E-state index contributed by atoms with van der Waals surface area (Å²) in [5.41, 5.74) is 1.18. The third-order valence-electron chi connectivity index (χ3n) is 7.43. The number of anilines is 1. The number of carbonyl (C=O) groups excluding carboxylic acids is 2. The number of carbonyl (C=O) groups is 2. The first kappa shape index (κ1) is 30.5. The van der Waals surface area contributed by atoms with Gasteiger partial charge in [0, 0.05) is 17.6 Å². The molecule has 1 N–H and O–H groups in total. The Bertz CT molecular complexity index is 1480. The molecule has 0 heterocycles. The fourth-order valence-electron chi connectivity index (χ4n) is 4.97. The van der Waals surface area contributed by atoms with Crippen LogP contribution in [0.15, 0.2) is 77.7 Å². The van der Waals surface area contributed by atoms with Crippen LogP contribution in [0.4, 0.5) is 10.1 Å². The SMILES string of the molecule is Cc1ccc(S(=O)(=O)N(CC(=O)N(Cc2ccccc2Cl)C(C)C(=O)NC2CCCCC2)c2ccccc2F)cc1. The van der Waals surface area contributed by atoms with Crippen molar-refractivity contribution in [2.75, 3.05) is 10.8 Å². The van der Waals surface area contributed by atoms with Crippen molar-refractivity contribution in [3.05, 3.63) is 94.8 Å². The van der Waals surface area contributed by atoms with E-state index in [9.17, 15) is 18.0 Å². The summed E-state index contributed by atoms with van der Waals surface area (Å²) in [6.07, 6.45) is 4.91. The molecule has 0 spiro atoms. The van der Waals surface area contributed by atoms with Gasteiger partial charge in [0.05, 0.1) is 10.6 Å². The number of aryl methyl sites for hydroxylation is 1. The first-order valence-corrected chi connectivity index (χ1v) is 15.6. The molecule has 1 unspecified atom stereocenters. The highest BCUT2D eigenvalue weighted by Gasteiger charge is 2.34. The van der Waals surface area contributed by atoms with E-state index in [1.165, 1.54) is 35.2 Å². The van der Waals surface area contributed by atoms with E-state index >= 15 is 4.39 Å². The van der Waals surface area contributed by atoms with Gasteiger partial charge in [-0.1, -0.05) is 78.9 Å². The quantitative estimate of drug-likeness (QED) is 0.317. The lowest BCUT2D eigenvalue weighted by atomic mass is 9.95. The number of amides is 2. The van der Waals surface area contributed by atoms with Gasteiger partial charge in [0.2, 0.25) is 11.8 Å². The van der Waals surface area contributed by atoms with Crippen molar-refractivity contribution in [3.8, 4) is 0 Å². The van der Waals surface area contributed by atoms with Gasteiger partial charge in [-0.2, -0.15) is 0 Å². The van der Waals surface area contributed by atoms with Crippen LogP contribution in [0, 0.1) is 12.7 Å². The molecule has 0 aromatic heterocycles. The van der Waals surface area contributed by atoms with Crippen LogP contribution in [-0.2, 0) is 26.2 Å². The lowest BCUT2D eigenvalue weighted by Crippen LogP contribution is -2.53. The smallest absolute Gasteiger partial charge is 0.264 e. The average molecular weight is 600 g/mol. The molecule has 2 amide bonds. The predicted molar refractivity (Wildman–Crippen MR) is 159 cm³/mol. The second-order valence-corrected chi connectivity index (χ2v) is 12.7. The van der Waals surface area contributed by atoms with Crippen molar-refractivity contribution >= 4 is 39.1 Å². The zero-order valence-corrected chi connectivity index (χ0v) is 24.8. The Morgan fingerprint density at radius 3 is 2.27 bits per heavy atom. The highest BCUT2D eigenvalue weighted by atomic mass is 35.5. The number of benzene rings is 3. The van der Waals surface area contributed by atoms with Crippen LogP contribution in [0.1, 0.15) is 50.2 Å². The number of nitrogens with one attached hydrogen (secondary N) is 1. The lowest BCUT2D eigenvalue weighted by molar-refractivity contribution is -0.139. The van der Waals surface area contributed by atoms with Gasteiger partial charge in [-0.05, 0) is 62.6 Å². The Balaban J connectivity index is 1.69. The predicted octanol–water partition coefficient (Wildman–Crippen LogP) is 5.85. The number of sulfonamides is 1. The Labute approximate surface area is 246 Å². The van der Waals surface area contributed by atoms with Crippen LogP contribution in [0.2, 0.25) is 5.02 Å². The third kappa shape index (κ3) is 7.45. The van der Waals surface area contributed by atoms with Crippen LogP contribution in [0.3, 0.4) is 0 Å². The van der Waals surface area contributed by atoms with E-state index in [-0.39, 0.29) is 29.1 Å². The van der Waals surface area contributed by atoms with Crippen molar-refractivity contribution in [1.29, 1.82) is 0 Å². The largest absolute Gasteiger partial charge is 0.352 e. The first-order chi connectivity index (χ1) is 19.6. The van der Waals surface area contributed by atoms with Crippen molar-refractivity contribution in [1.82, 2.24) is 10.2 Å². The fourth-order valence-corrected chi connectivity index (χ4v) is 6.58. The van der Waals surface area contributed by atoms with Gasteiger partial charge >= 0.3 is 0 Å².